The van der Waals surface area contributed by atoms with Crippen molar-refractivity contribution in [2.75, 3.05) is 6.26 Å². The lowest BCUT2D eigenvalue weighted by molar-refractivity contribution is 0.459. The first-order chi connectivity index (χ1) is 8.28. The highest BCUT2D eigenvalue weighted by Gasteiger charge is 2.02. The number of aryl methyl sites for hydroxylation is 1. The lowest BCUT2D eigenvalue weighted by Crippen LogP contribution is -2.11. The first-order valence-corrected chi connectivity index (χ1v) is 7.67. The molecule has 0 aliphatic rings. The molecule has 0 unspecified atom stereocenters. The lowest BCUT2D eigenvalue weighted by Gasteiger charge is -1.99. The molecule has 0 saturated heterocycles. The zero-order chi connectivity index (χ0) is 12.1. The van der Waals surface area contributed by atoms with Gasteiger partial charge in [-0.1, -0.05) is 0 Å². The third-order valence-electron chi connectivity index (χ3n) is 2.25. The fraction of sp³-hybridized carbons (Fsp3) is 0.417. The van der Waals surface area contributed by atoms with Gasteiger partial charge in [-0.3, -0.25) is 0 Å². The number of aromatic nitrogens is 1. The molecule has 0 aromatic carbocycles. The minimum absolute atomic E-state index is 0.757. The Labute approximate surface area is 110 Å². The number of rotatable bonds is 6. The second-order valence-electron chi connectivity index (χ2n) is 3.77. The summed E-state index contributed by atoms with van der Waals surface area (Å²) < 4.78 is 5.67. The highest BCUT2D eigenvalue weighted by molar-refractivity contribution is 7.97. The molecule has 17 heavy (non-hydrogen) atoms. The molecule has 0 saturated carbocycles. The van der Waals surface area contributed by atoms with E-state index in [0.717, 1.165) is 35.4 Å². The van der Waals surface area contributed by atoms with Gasteiger partial charge in [0.25, 0.3) is 0 Å². The van der Waals surface area contributed by atoms with Gasteiger partial charge in [-0.05, 0) is 25.3 Å². The van der Waals surface area contributed by atoms with Crippen LogP contribution in [0.2, 0.25) is 0 Å². The van der Waals surface area contributed by atoms with E-state index < -0.39 is 0 Å². The molecule has 2 heterocycles. The van der Waals surface area contributed by atoms with Crippen LogP contribution in [0.1, 0.15) is 21.4 Å². The summed E-state index contributed by atoms with van der Waals surface area (Å²) in [7, 11) is 0. The molecule has 3 nitrogen and oxygen atoms in total. The van der Waals surface area contributed by atoms with Gasteiger partial charge in [0.15, 0.2) is 0 Å². The van der Waals surface area contributed by atoms with Gasteiger partial charge in [0.2, 0.25) is 0 Å². The van der Waals surface area contributed by atoms with Crippen LogP contribution in [-0.2, 0) is 18.8 Å². The van der Waals surface area contributed by atoms with Crippen molar-refractivity contribution in [2.45, 2.75) is 25.8 Å². The van der Waals surface area contributed by atoms with Crippen LogP contribution in [0.15, 0.2) is 22.7 Å². The van der Waals surface area contributed by atoms with Crippen molar-refractivity contribution in [1.29, 1.82) is 0 Å². The average Bonchev–Trinajstić information content (AvgIpc) is 2.89. The number of thioether (sulfide) groups is 1. The van der Waals surface area contributed by atoms with Crippen molar-refractivity contribution in [1.82, 2.24) is 10.3 Å². The van der Waals surface area contributed by atoms with Crippen LogP contribution >= 0.6 is 23.1 Å². The Morgan fingerprint density at radius 3 is 2.88 bits per heavy atom. The van der Waals surface area contributed by atoms with E-state index in [1.54, 1.807) is 23.1 Å². The molecule has 2 aromatic heterocycles. The molecule has 0 fully saturated rings. The number of furan rings is 1. The minimum atomic E-state index is 0.757. The number of nitrogens with one attached hydrogen (secondary N) is 1. The highest BCUT2D eigenvalue weighted by atomic mass is 32.2. The number of hydrogen-bond acceptors (Lipinski definition) is 5. The zero-order valence-corrected chi connectivity index (χ0v) is 11.7. The summed E-state index contributed by atoms with van der Waals surface area (Å²) in [6.07, 6.45) is 3.98. The topological polar surface area (TPSA) is 38.1 Å². The van der Waals surface area contributed by atoms with E-state index in [0.29, 0.717) is 0 Å². The molecule has 2 rings (SSSR count). The summed E-state index contributed by atoms with van der Waals surface area (Å²) in [5, 5.41) is 4.46. The standard InChI is InChI=1S/C12H16N2OS2/c1-9-5-14-12(17-9)7-13-6-10-3-4-11(15-10)8-16-2/h3-5,13H,6-8H2,1-2H3. The predicted molar refractivity (Wildman–Crippen MR) is 73.3 cm³/mol. The monoisotopic (exact) mass is 268 g/mol. The van der Waals surface area contributed by atoms with Crippen LogP contribution in [0.5, 0.6) is 0 Å². The molecule has 0 atom stereocenters. The van der Waals surface area contributed by atoms with E-state index in [9.17, 15) is 0 Å². The summed E-state index contributed by atoms with van der Waals surface area (Å²) in [5.74, 6) is 2.97. The van der Waals surface area contributed by atoms with E-state index in [4.69, 9.17) is 4.42 Å². The predicted octanol–water partition coefficient (Wildman–Crippen LogP) is 3.20. The normalized spacial score (nSPS) is 10.9. The smallest absolute Gasteiger partial charge is 0.118 e. The van der Waals surface area contributed by atoms with Crippen LogP contribution in [0.4, 0.5) is 0 Å². The summed E-state index contributed by atoms with van der Waals surface area (Å²) in [6.45, 7) is 3.63. The van der Waals surface area contributed by atoms with Gasteiger partial charge in [0.05, 0.1) is 12.3 Å². The quantitative estimate of drug-likeness (QED) is 0.873. The molecule has 92 valence electrons. The van der Waals surface area contributed by atoms with Crippen LogP contribution in [-0.4, -0.2) is 11.2 Å². The van der Waals surface area contributed by atoms with E-state index in [-0.39, 0.29) is 0 Å². The largest absolute Gasteiger partial charge is 0.464 e. The van der Waals surface area contributed by atoms with Crippen molar-refractivity contribution in [2.24, 2.45) is 0 Å². The van der Waals surface area contributed by atoms with Gasteiger partial charge in [0.1, 0.15) is 16.5 Å². The molecular formula is C12H16N2OS2. The molecule has 2 aromatic rings. The summed E-state index contributed by atoms with van der Waals surface area (Å²) in [6, 6.07) is 4.08. The Morgan fingerprint density at radius 1 is 1.35 bits per heavy atom. The van der Waals surface area contributed by atoms with Crippen molar-refractivity contribution >= 4 is 23.1 Å². The Morgan fingerprint density at radius 2 is 2.18 bits per heavy atom. The molecule has 1 N–H and O–H groups in total. The Hall–Kier alpha value is -0.780. The number of nitrogens with zero attached hydrogens (tertiary/aromatic N) is 1. The van der Waals surface area contributed by atoms with Crippen molar-refractivity contribution in [3.8, 4) is 0 Å². The van der Waals surface area contributed by atoms with Gasteiger partial charge in [-0.15, -0.1) is 11.3 Å². The third-order valence-corrected chi connectivity index (χ3v) is 3.73. The molecule has 0 aliphatic carbocycles. The van der Waals surface area contributed by atoms with Crippen molar-refractivity contribution < 1.29 is 4.42 Å². The number of hydrogen-bond donors (Lipinski definition) is 1. The summed E-state index contributed by atoms with van der Waals surface area (Å²) >= 11 is 3.50. The van der Waals surface area contributed by atoms with Crippen molar-refractivity contribution in [3.05, 3.63) is 39.7 Å². The maximum Gasteiger partial charge on any atom is 0.118 e. The molecule has 5 heteroatoms. The lowest BCUT2D eigenvalue weighted by atomic mass is 10.4. The molecule has 0 amide bonds. The van der Waals surface area contributed by atoms with Crippen LogP contribution < -0.4 is 5.32 Å². The van der Waals surface area contributed by atoms with E-state index in [1.807, 2.05) is 18.3 Å². The Balaban J connectivity index is 1.77. The minimum Gasteiger partial charge on any atom is -0.464 e. The Kier molecular flexibility index (Phi) is 4.65. The molecule has 0 spiro atoms. The molecule has 0 radical (unpaired) electrons. The van der Waals surface area contributed by atoms with E-state index in [2.05, 4.69) is 23.5 Å². The Bertz CT molecular complexity index is 465. The second-order valence-corrected chi connectivity index (χ2v) is 5.95. The maximum absolute atomic E-state index is 5.67. The maximum atomic E-state index is 5.67. The molecule has 0 bridgehead atoms. The number of thiazole rings is 1. The fourth-order valence-electron chi connectivity index (χ4n) is 1.51. The van der Waals surface area contributed by atoms with Crippen LogP contribution in [0.3, 0.4) is 0 Å². The van der Waals surface area contributed by atoms with E-state index in [1.165, 1.54) is 4.88 Å². The fourth-order valence-corrected chi connectivity index (χ4v) is 2.71. The average molecular weight is 268 g/mol. The first-order valence-electron chi connectivity index (χ1n) is 5.46. The van der Waals surface area contributed by atoms with E-state index >= 15 is 0 Å². The first kappa shape index (κ1) is 12.7. The van der Waals surface area contributed by atoms with Gasteiger partial charge < -0.3 is 9.73 Å². The summed E-state index contributed by atoms with van der Waals surface area (Å²) in [4.78, 5) is 5.56. The summed E-state index contributed by atoms with van der Waals surface area (Å²) in [5.41, 5.74) is 0. The molecule has 0 aliphatic heterocycles. The van der Waals surface area contributed by atoms with Gasteiger partial charge in [0, 0.05) is 17.6 Å². The zero-order valence-electron chi connectivity index (χ0n) is 10.0. The van der Waals surface area contributed by atoms with Crippen LogP contribution in [0.25, 0.3) is 0 Å². The SMILES string of the molecule is CSCc1ccc(CNCc2ncc(C)s2)o1. The molecular weight excluding hydrogens is 252 g/mol. The van der Waals surface area contributed by atoms with Gasteiger partial charge >= 0.3 is 0 Å². The van der Waals surface area contributed by atoms with Gasteiger partial charge in [-0.2, -0.15) is 11.8 Å². The third kappa shape index (κ3) is 3.87. The second kappa shape index (κ2) is 6.23. The highest BCUT2D eigenvalue weighted by Crippen LogP contribution is 2.14. The van der Waals surface area contributed by atoms with Crippen LogP contribution in [0, 0.1) is 6.92 Å². The van der Waals surface area contributed by atoms with Crippen molar-refractivity contribution in [3.63, 3.8) is 0 Å². The van der Waals surface area contributed by atoms with Gasteiger partial charge in [-0.25, -0.2) is 4.98 Å².